The molecule has 0 saturated heterocycles. The lowest BCUT2D eigenvalue weighted by molar-refractivity contribution is -1.22. The zero-order valence-electron chi connectivity index (χ0n) is 14.1. The van der Waals surface area contributed by atoms with Crippen molar-refractivity contribution < 1.29 is 25.2 Å². The van der Waals surface area contributed by atoms with Gasteiger partial charge in [0.15, 0.2) is 5.78 Å². The number of ketones is 1. The molecule has 7 nitrogen and oxygen atoms in total. The number of halogens is 4. The molecule has 4 N–H and O–H groups in total. The largest absolute Gasteiger partial charge is 0.330 e. The Bertz CT molecular complexity index is 824. The summed E-state index contributed by atoms with van der Waals surface area (Å²) in [6.45, 7) is 0. The SMILES string of the molecule is [O][NH+](O)c1ccc(C(=O)CC(NC(=O)Nc2ccc(Cl)cc2)C(Cl)(Cl)Cl)cc1. The van der Waals surface area contributed by atoms with Crippen LogP contribution in [0.4, 0.5) is 16.2 Å². The van der Waals surface area contributed by atoms with Crippen LogP contribution in [0.3, 0.4) is 0 Å². The molecule has 0 aliphatic heterocycles. The second-order valence-electron chi connectivity index (χ2n) is 5.71. The molecule has 0 aliphatic rings. The van der Waals surface area contributed by atoms with Gasteiger partial charge in [-0.1, -0.05) is 46.4 Å². The summed E-state index contributed by atoms with van der Waals surface area (Å²) < 4.78 is -1.95. The van der Waals surface area contributed by atoms with Gasteiger partial charge in [0.05, 0.1) is 11.2 Å². The maximum Gasteiger partial charge on any atom is 0.319 e. The molecule has 2 aromatic rings. The molecule has 0 fully saturated rings. The van der Waals surface area contributed by atoms with Crippen LogP contribution >= 0.6 is 46.4 Å². The molecule has 0 saturated carbocycles. The lowest BCUT2D eigenvalue weighted by Crippen LogP contribution is -3.00. The molecule has 2 aromatic carbocycles. The van der Waals surface area contributed by atoms with Gasteiger partial charge in [0.25, 0.3) is 0 Å². The quantitative estimate of drug-likeness (QED) is 0.296. The molecule has 28 heavy (non-hydrogen) atoms. The Kier molecular flexibility index (Phi) is 7.91. The van der Waals surface area contributed by atoms with Crippen LogP contribution in [0.1, 0.15) is 16.8 Å². The van der Waals surface area contributed by atoms with Crippen LogP contribution in [0, 0.1) is 0 Å². The summed E-state index contributed by atoms with van der Waals surface area (Å²) in [5.74, 6) is -0.431. The van der Waals surface area contributed by atoms with Crippen LogP contribution < -0.4 is 15.9 Å². The number of amides is 2. The average Bonchev–Trinajstić information content (AvgIpc) is 2.62. The highest BCUT2D eigenvalue weighted by Gasteiger charge is 2.35. The molecular weight excluding hydrogens is 452 g/mol. The van der Waals surface area contributed by atoms with Crippen molar-refractivity contribution in [3.05, 3.63) is 59.1 Å². The predicted octanol–water partition coefficient (Wildman–Crippen LogP) is 3.72. The third kappa shape index (κ3) is 6.79. The summed E-state index contributed by atoms with van der Waals surface area (Å²) in [5.41, 5.74) is 0.722. The fourth-order valence-electron chi connectivity index (χ4n) is 2.21. The van der Waals surface area contributed by atoms with Crippen molar-refractivity contribution in [2.75, 3.05) is 5.32 Å². The lowest BCUT2D eigenvalue weighted by Gasteiger charge is -2.25. The molecule has 1 radical (unpaired) electrons. The third-order valence-electron chi connectivity index (χ3n) is 3.65. The van der Waals surface area contributed by atoms with E-state index in [0.717, 1.165) is 0 Å². The van der Waals surface area contributed by atoms with Crippen molar-refractivity contribution in [1.29, 1.82) is 0 Å². The number of quaternary nitrogens is 1. The maximum absolute atomic E-state index is 12.5. The van der Waals surface area contributed by atoms with Gasteiger partial charge in [-0.15, -0.1) is 0 Å². The molecular formula is C17H15Cl4N3O4+. The highest BCUT2D eigenvalue weighted by Crippen LogP contribution is 2.32. The number of nitrogens with one attached hydrogen (secondary N) is 3. The smallest absolute Gasteiger partial charge is 0.319 e. The molecule has 2 unspecified atom stereocenters. The molecule has 2 rings (SSSR count). The zero-order valence-corrected chi connectivity index (χ0v) is 17.1. The summed E-state index contributed by atoms with van der Waals surface area (Å²) in [4.78, 5) is 24.6. The minimum Gasteiger partial charge on any atom is -0.330 e. The fraction of sp³-hybridized carbons (Fsp3) is 0.176. The molecule has 11 heteroatoms. The number of urea groups is 1. The Labute approximate surface area is 180 Å². The third-order valence-corrected chi connectivity index (χ3v) is 4.69. The minimum absolute atomic E-state index is 0.0370. The van der Waals surface area contributed by atoms with Gasteiger partial charge in [0, 0.05) is 40.1 Å². The first kappa shape index (κ1) is 22.7. The molecule has 149 valence electrons. The summed E-state index contributed by atoms with van der Waals surface area (Å²) in [5, 5.41) is 24.2. The van der Waals surface area contributed by atoms with E-state index in [1.165, 1.54) is 24.3 Å². The molecule has 2 atom stereocenters. The van der Waals surface area contributed by atoms with E-state index in [4.69, 9.17) is 51.6 Å². The average molecular weight is 467 g/mol. The predicted molar refractivity (Wildman–Crippen MR) is 106 cm³/mol. The van der Waals surface area contributed by atoms with Gasteiger partial charge in [-0.05, 0) is 36.4 Å². The van der Waals surface area contributed by atoms with Crippen LogP contribution in [-0.4, -0.2) is 26.9 Å². The van der Waals surface area contributed by atoms with Crippen LogP contribution in [0.2, 0.25) is 5.02 Å². The Morgan fingerprint density at radius 2 is 1.61 bits per heavy atom. The number of benzene rings is 2. The molecule has 2 amide bonds. The summed E-state index contributed by atoms with van der Waals surface area (Å²) >= 11 is 23.5. The van der Waals surface area contributed by atoms with E-state index in [0.29, 0.717) is 10.7 Å². The Hall–Kier alpha value is -1.58. The number of hydrogen-bond donors (Lipinski definition) is 4. The minimum atomic E-state index is -1.95. The van der Waals surface area contributed by atoms with E-state index >= 15 is 0 Å². The van der Waals surface area contributed by atoms with Gasteiger partial charge in [0.1, 0.15) is 0 Å². The van der Waals surface area contributed by atoms with Gasteiger partial charge >= 0.3 is 6.03 Å². The molecule has 0 bridgehead atoms. The number of carbonyl (C=O) groups excluding carboxylic acids is 2. The van der Waals surface area contributed by atoms with Gasteiger partial charge in [-0.2, -0.15) is 5.21 Å². The number of rotatable bonds is 6. The standard InChI is InChI=1S/C17H15Cl4N3O4/c18-11-3-5-12(6-4-11)22-16(26)23-15(17(19,20)21)9-14(25)10-1-7-13(8-2-10)24(27)28/h1-8,15,24,27H,9H2,(H2,22,23,26)/q+1. The van der Waals surface area contributed by atoms with E-state index in [-0.39, 0.29) is 17.7 Å². The van der Waals surface area contributed by atoms with Crippen LogP contribution in [0.15, 0.2) is 48.5 Å². The van der Waals surface area contributed by atoms with Gasteiger partial charge in [-0.3, -0.25) is 4.79 Å². The van der Waals surface area contributed by atoms with Crippen LogP contribution in [0.25, 0.3) is 0 Å². The highest BCUT2D eigenvalue weighted by molar-refractivity contribution is 6.68. The first-order chi connectivity index (χ1) is 13.1. The lowest BCUT2D eigenvalue weighted by atomic mass is 10.0. The van der Waals surface area contributed by atoms with Crippen molar-refractivity contribution in [3.8, 4) is 0 Å². The summed E-state index contributed by atoms with van der Waals surface area (Å²) in [6.07, 6.45) is -0.309. The number of hydrogen-bond acceptors (Lipinski definition) is 3. The Morgan fingerprint density at radius 3 is 2.11 bits per heavy atom. The molecule has 0 aliphatic carbocycles. The summed E-state index contributed by atoms with van der Waals surface area (Å²) in [7, 11) is 0. The van der Waals surface area contributed by atoms with E-state index in [1.54, 1.807) is 24.3 Å². The number of anilines is 1. The molecule has 0 heterocycles. The van der Waals surface area contributed by atoms with Crippen molar-refractivity contribution in [2.24, 2.45) is 0 Å². The second kappa shape index (κ2) is 9.76. The normalized spacial score (nSPS) is 12.5. The van der Waals surface area contributed by atoms with E-state index in [2.05, 4.69) is 10.6 Å². The van der Waals surface area contributed by atoms with Crippen LogP contribution in [0.5, 0.6) is 0 Å². The fourth-order valence-corrected chi connectivity index (χ4v) is 2.73. The van der Waals surface area contributed by atoms with Gasteiger partial charge in [-0.25, -0.2) is 4.79 Å². The molecule has 0 spiro atoms. The maximum atomic E-state index is 12.5. The van der Waals surface area contributed by atoms with E-state index in [9.17, 15) is 14.8 Å². The number of alkyl halides is 3. The van der Waals surface area contributed by atoms with Crippen molar-refractivity contribution in [3.63, 3.8) is 0 Å². The first-order valence-electron chi connectivity index (χ1n) is 7.82. The topological polar surface area (TPSA) is 103 Å². The van der Waals surface area contributed by atoms with E-state index in [1.807, 2.05) is 0 Å². The number of Topliss-reactive ketones (excluding diaryl/α,β-unsaturated/α-hetero) is 1. The summed E-state index contributed by atoms with van der Waals surface area (Å²) in [6, 6.07) is 9.85. The Balaban J connectivity index is 2.05. The number of carbonyl (C=O) groups is 2. The van der Waals surface area contributed by atoms with Gasteiger partial charge in [0.2, 0.25) is 9.48 Å². The Morgan fingerprint density at radius 1 is 1.04 bits per heavy atom. The van der Waals surface area contributed by atoms with Crippen molar-refractivity contribution in [1.82, 2.24) is 5.32 Å². The van der Waals surface area contributed by atoms with Crippen molar-refractivity contribution >= 4 is 69.6 Å². The zero-order chi connectivity index (χ0) is 20.9. The van der Waals surface area contributed by atoms with Crippen molar-refractivity contribution in [2.45, 2.75) is 16.3 Å². The molecule has 0 aromatic heterocycles. The highest BCUT2D eigenvalue weighted by atomic mass is 35.6. The van der Waals surface area contributed by atoms with E-state index < -0.39 is 26.9 Å². The first-order valence-corrected chi connectivity index (χ1v) is 9.34. The van der Waals surface area contributed by atoms with Crippen LogP contribution in [-0.2, 0) is 5.21 Å². The van der Waals surface area contributed by atoms with Gasteiger partial charge < -0.3 is 10.6 Å². The monoisotopic (exact) mass is 465 g/mol. The second-order valence-corrected chi connectivity index (χ2v) is 8.51.